The molecule has 2 heteroatoms. The smallest absolute Gasteiger partial charge is 0.00198 e. The summed E-state index contributed by atoms with van der Waals surface area (Å²) in [5.74, 6) is 3.46. The van der Waals surface area contributed by atoms with Crippen LogP contribution in [-0.4, -0.2) is 25.1 Å². The van der Waals surface area contributed by atoms with Gasteiger partial charge in [-0.3, -0.25) is 0 Å². The van der Waals surface area contributed by atoms with Crippen molar-refractivity contribution in [2.75, 3.05) is 25.1 Å². The third kappa shape index (κ3) is 2.31. The van der Waals surface area contributed by atoms with Crippen LogP contribution in [0.5, 0.6) is 0 Å². The third-order valence-corrected chi connectivity index (χ3v) is 4.03. The Morgan fingerprint density at radius 2 is 2.00 bits per heavy atom. The molecule has 0 aliphatic carbocycles. The van der Waals surface area contributed by atoms with E-state index < -0.39 is 0 Å². The second kappa shape index (κ2) is 4.85. The van der Waals surface area contributed by atoms with Crippen LogP contribution >= 0.6 is 11.8 Å². The van der Waals surface area contributed by atoms with E-state index in [2.05, 4.69) is 29.6 Å². The van der Waals surface area contributed by atoms with Gasteiger partial charge in [0.05, 0.1) is 0 Å². The molecule has 1 nitrogen and oxygen atoms in total. The Labute approximate surface area is 90.3 Å². The van der Waals surface area contributed by atoms with Crippen LogP contribution < -0.4 is 5.32 Å². The maximum absolute atomic E-state index is 3.17. The summed E-state index contributed by atoms with van der Waals surface area (Å²) in [6.45, 7) is 1.07. The Morgan fingerprint density at radius 3 is 2.50 bits per heavy atom. The summed E-state index contributed by atoms with van der Waals surface area (Å²) < 4.78 is 0. The van der Waals surface area contributed by atoms with E-state index in [1.807, 2.05) is 18.8 Å². The van der Waals surface area contributed by atoms with Crippen molar-refractivity contribution >= 4 is 11.8 Å². The van der Waals surface area contributed by atoms with Gasteiger partial charge in [-0.2, -0.15) is 11.8 Å². The molecular weight excluding hydrogens is 190 g/mol. The van der Waals surface area contributed by atoms with Gasteiger partial charge in [0.15, 0.2) is 0 Å². The molecule has 0 aromatic heterocycles. The minimum absolute atomic E-state index is 0.832. The van der Waals surface area contributed by atoms with Gasteiger partial charge in [0.1, 0.15) is 0 Å². The largest absolute Gasteiger partial charge is 0.319 e. The van der Waals surface area contributed by atoms with Crippen molar-refractivity contribution in [2.24, 2.45) is 0 Å². The monoisotopic (exact) mass is 207 g/mol. The molecule has 0 saturated carbocycles. The molecule has 1 fully saturated rings. The van der Waals surface area contributed by atoms with E-state index in [4.69, 9.17) is 0 Å². The minimum atomic E-state index is 0.832. The number of hydrogen-bond acceptors (Lipinski definition) is 2. The Balaban J connectivity index is 1.95. The van der Waals surface area contributed by atoms with Crippen molar-refractivity contribution in [1.82, 2.24) is 5.32 Å². The SMILES string of the molecule is CNCCc1ccc(C2CSC2)cc1. The van der Waals surface area contributed by atoms with Crippen molar-refractivity contribution in [1.29, 1.82) is 0 Å². The molecule has 0 atom stereocenters. The lowest BCUT2D eigenvalue weighted by molar-refractivity contribution is 0.789. The Bertz CT molecular complexity index is 277. The quantitative estimate of drug-likeness (QED) is 0.813. The summed E-state index contributed by atoms with van der Waals surface area (Å²) in [6, 6.07) is 9.15. The summed E-state index contributed by atoms with van der Waals surface area (Å²) in [5, 5.41) is 3.17. The highest BCUT2D eigenvalue weighted by Crippen LogP contribution is 2.33. The fourth-order valence-electron chi connectivity index (χ4n) is 1.65. The van der Waals surface area contributed by atoms with Crippen LogP contribution in [0.2, 0.25) is 0 Å². The van der Waals surface area contributed by atoms with Crippen molar-refractivity contribution in [3.05, 3.63) is 35.4 Å². The molecule has 1 aromatic rings. The Kier molecular flexibility index (Phi) is 3.49. The Hall–Kier alpha value is -0.470. The maximum atomic E-state index is 3.17. The maximum Gasteiger partial charge on any atom is 0.00198 e. The molecule has 14 heavy (non-hydrogen) atoms. The second-order valence-electron chi connectivity index (χ2n) is 3.83. The minimum Gasteiger partial charge on any atom is -0.319 e. The molecule has 2 rings (SSSR count). The zero-order valence-electron chi connectivity index (χ0n) is 8.62. The van der Waals surface area contributed by atoms with E-state index in [1.54, 1.807) is 0 Å². The normalized spacial score (nSPS) is 16.6. The number of likely N-dealkylation sites (N-methyl/N-ethyl adjacent to an activating group) is 1. The summed E-state index contributed by atoms with van der Waals surface area (Å²) in [5.41, 5.74) is 2.96. The summed E-state index contributed by atoms with van der Waals surface area (Å²) in [7, 11) is 2.00. The number of thioether (sulfide) groups is 1. The van der Waals surface area contributed by atoms with Crippen molar-refractivity contribution in [3.8, 4) is 0 Å². The van der Waals surface area contributed by atoms with Crippen LogP contribution in [0.3, 0.4) is 0 Å². The zero-order valence-corrected chi connectivity index (χ0v) is 9.44. The fraction of sp³-hybridized carbons (Fsp3) is 0.500. The highest BCUT2D eigenvalue weighted by Gasteiger charge is 2.19. The van der Waals surface area contributed by atoms with Gasteiger partial charge in [-0.25, -0.2) is 0 Å². The van der Waals surface area contributed by atoms with Crippen LogP contribution in [0.25, 0.3) is 0 Å². The van der Waals surface area contributed by atoms with Crippen molar-refractivity contribution < 1.29 is 0 Å². The van der Waals surface area contributed by atoms with Gasteiger partial charge in [-0.1, -0.05) is 24.3 Å². The lowest BCUT2D eigenvalue weighted by Gasteiger charge is -2.25. The molecule has 0 unspecified atom stereocenters. The fourth-order valence-corrected chi connectivity index (χ4v) is 2.51. The van der Waals surface area contributed by atoms with Gasteiger partial charge in [-0.05, 0) is 31.1 Å². The summed E-state index contributed by atoms with van der Waals surface area (Å²) in [6.07, 6.45) is 1.14. The van der Waals surface area contributed by atoms with E-state index >= 15 is 0 Å². The lowest BCUT2D eigenvalue weighted by Crippen LogP contribution is -2.15. The Morgan fingerprint density at radius 1 is 1.29 bits per heavy atom. The van der Waals surface area contributed by atoms with E-state index in [0.29, 0.717) is 0 Å². The predicted molar refractivity (Wildman–Crippen MR) is 64.1 cm³/mol. The molecule has 0 spiro atoms. The average Bonchev–Trinajstić information content (AvgIpc) is 2.14. The first-order valence-electron chi connectivity index (χ1n) is 5.21. The molecule has 76 valence electrons. The number of rotatable bonds is 4. The van der Waals surface area contributed by atoms with E-state index in [9.17, 15) is 0 Å². The molecule has 1 aliphatic rings. The first-order valence-corrected chi connectivity index (χ1v) is 6.37. The number of nitrogens with one attached hydrogen (secondary N) is 1. The molecular formula is C12H17NS. The van der Waals surface area contributed by atoms with E-state index in [1.165, 1.54) is 22.6 Å². The predicted octanol–water partition coefficient (Wildman–Crippen LogP) is 2.28. The highest BCUT2D eigenvalue weighted by molar-refractivity contribution is 8.00. The van der Waals surface area contributed by atoms with Crippen LogP contribution in [0.15, 0.2) is 24.3 Å². The molecule has 1 heterocycles. The van der Waals surface area contributed by atoms with E-state index in [0.717, 1.165) is 18.9 Å². The third-order valence-electron chi connectivity index (χ3n) is 2.75. The first kappa shape index (κ1) is 10.1. The molecule has 0 amide bonds. The molecule has 1 N–H and O–H groups in total. The molecule has 1 aromatic carbocycles. The summed E-state index contributed by atoms with van der Waals surface area (Å²) in [4.78, 5) is 0. The number of hydrogen-bond donors (Lipinski definition) is 1. The molecule has 0 bridgehead atoms. The van der Waals surface area contributed by atoms with Gasteiger partial charge in [0.25, 0.3) is 0 Å². The van der Waals surface area contributed by atoms with E-state index in [-0.39, 0.29) is 0 Å². The molecule has 1 saturated heterocycles. The van der Waals surface area contributed by atoms with Gasteiger partial charge < -0.3 is 5.32 Å². The average molecular weight is 207 g/mol. The first-order chi connectivity index (χ1) is 6.90. The lowest BCUT2D eigenvalue weighted by atomic mass is 10.00. The van der Waals surface area contributed by atoms with Crippen molar-refractivity contribution in [2.45, 2.75) is 12.3 Å². The highest BCUT2D eigenvalue weighted by atomic mass is 32.2. The van der Waals surface area contributed by atoms with Gasteiger partial charge in [-0.15, -0.1) is 0 Å². The van der Waals surface area contributed by atoms with Crippen LogP contribution in [-0.2, 0) is 6.42 Å². The molecule has 1 aliphatic heterocycles. The van der Waals surface area contributed by atoms with Crippen LogP contribution in [0.1, 0.15) is 17.0 Å². The van der Waals surface area contributed by atoms with Gasteiger partial charge in [0, 0.05) is 17.4 Å². The topological polar surface area (TPSA) is 12.0 Å². The summed E-state index contributed by atoms with van der Waals surface area (Å²) >= 11 is 2.05. The second-order valence-corrected chi connectivity index (χ2v) is 4.90. The standard InChI is InChI=1S/C12H17NS/c1-13-7-6-10-2-4-11(5-3-10)12-8-14-9-12/h2-5,12-13H,6-9H2,1H3. The van der Waals surface area contributed by atoms with Crippen molar-refractivity contribution in [3.63, 3.8) is 0 Å². The zero-order chi connectivity index (χ0) is 9.80. The van der Waals surface area contributed by atoms with Crippen LogP contribution in [0.4, 0.5) is 0 Å². The van der Waals surface area contributed by atoms with Gasteiger partial charge >= 0.3 is 0 Å². The van der Waals surface area contributed by atoms with Crippen LogP contribution in [0, 0.1) is 0 Å². The molecule has 0 radical (unpaired) electrons. The number of benzene rings is 1. The van der Waals surface area contributed by atoms with Gasteiger partial charge in [0.2, 0.25) is 0 Å².